The molecule has 2 bridgehead atoms. The number of esters is 4. The Morgan fingerprint density at radius 2 is 1.41 bits per heavy atom. The molecule has 10 N–H and O–H groups in total. The summed E-state index contributed by atoms with van der Waals surface area (Å²) in [5.41, 5.74) is -1.61. The van der Waals surface area contributed by atoms with E-state index in [1.54, 1.807) is 91.0 Å². The third kappa shape index (κ3) is 17.6. The molecule has 3 fully saturated rings. The summed E-state index contributed by atoms with van der Waals surface area (Å²) < 4.78 is 42.6. The Hall–Kier alpha value is -10.2. The number of primary amides is 1. The first-order valence-electron chi connectivity index (χ1n) is 33.5. The number of fused-ring (bicyclic) bond motifs is 5. The first kappa shape index (κ1) is 77.6. The Morgan fingerprint density at radius 1 is 0.755 bits per heavy atom. The minimum absolute atomic E-state index is 0.00376. The number of Topliss-reactive ketones (excluding diaryl/α,β-unsaturated/α-hetero) is 1. The molecular formula is C74H88N6O22. The topological polar surface area (TPSA) is 416 Å². The van der Waals surface area contributed by atoms with Gasteiger partial charge < -0.3 is 80.8 Å². The van der Waals surface area contributed by atoms with Crippen LogP contribution in [-0.4, -0.2) is 179 Å². The van der Waals surface area contributed by atoms with Crippen LogP contribution < -0.4 is 37.1 Å². The monoisotopic (exact) mass is 1410 g/mol. The molecule has 14 atom stereocenters. The number of carboxylic acids is 1. The van der Waals surface area contributed by atoms with Crippen LogP contribution in [-0.2, 0) is 76.4 Å². The van der Waals surface area contributed by atoms with Crippen LogP contribution in [0.2, 0.25) is 0 Å². The van der Waals surface area contributed by atoms with Crippen LogP contribution in [0.5, 0.6) is 5.75 Å². The number of methoxy groups -OCH3 is 1. The van der Waals surface area contributed by atoms with Crippen molar-refractivity contribution in [1.29, 1.82) is 0 Å². The fourth-order valence-corrected chi connectivity index (χ4v) is 14.0. The first-order chi connectivity index (χ1) is 48.4. The third-order valence-corrected chi connectivity index (χ3v) is 19.6. The zero-order valence-corrected chi connectivity index (χ0v) is 57.9. The molecule has 102 heavy (non-hydrogen) atoms. The average Bonchev–Trinajstić information content (AvgIpc) is 0.669. The average molecular weight is 1410 g/mol. The van der Waals surface area contributed by atoms with E-state index < -0.39 is 186 Å². The smallest absolute Gasteiger partial charge is 0.338 e. The van der Waals surface area contributed by atoms with Crippen molar-refractivity contribution in [2.24, 2.45) is 22.5 Å². The highest BCUT2D eigenvalue weighted by Gasteiger charge is 2.78. The molecule has 4 aliphatic rings. The van der Waals surface area contributed by atoms with Gasteiger partial charge >= 0.3 is 29.8 Å². The number of aliphatic carboxylic acids is 1. The van der Waals surface area contributed by atoms with Crippen LogP contribution in [0, 0.1) is 16.7 Å². The van der Waals surface area contributed by atoms with Crippen LogP contribution in [0.3, 0.4) is 0 Å². The van der Waals surface area contributed by atoms with Crippen molar-refractivity contribution in [1.82, 2.24) is 26.6 Å². The second kappa shape index (κ2) is 33.5. The molecule has 28 nitrogen and oxygen atoms in total. The summed E-state index contributed by atoms with van der Waals surface area (Å²) in [5.74, 6) is -11.8. The lowest BCUT2D eigenvalue weighted by Crippen LogP contribution is -2.82. The number of hydrogen-bond donors (Lipinski definition) is 9. The van der Waals surface area contributed by atoms with Gasteiger partial charge in [-0.05, 0) is 111 Å². The Labute approximate surface area is 589 Å². The number of carbonyl (C=O) groups excluding carboxylic acids is 11. The maximum Gasteiger partial charge on any atom is 0.338 e. The van der Waals surface area contributed by atoms with Crippen molar-refractivity contribution < 1.29 is 106 Å². The third-order valence-electron chi connectivity index (χ3n) is 19.6. The van der Waals surface area contributed by atoms with Crippen LogP contribution in [0.25, 0.3) is 6.08 Å². The van der Waals surface area contributed by atoms with E-state index in [1.165, 1.54) is 78.1 Å². The fourth-order valence-electron chi connectivity index (χ4n) is 14.0. The van der Waals surface area contributed by atoms with E-state index in [4.69, 9.17) is 38.9 Å². The van der Waals surface area contributed by atoms with Crippen LogP contribution in [0.15, 0.2) is 132 Å². The molecule has 0 radical (unpaired) electrons. The van der Waals surface area contributed by atoms with Gasteiger partial charge in [-0.1, -0.05) is 92.7 Å². The number of benzene rings is 4. The van der Waals surface area contributed by atoms with Gasteiger partial charge in [0.05, 0.1) is 49.4 Å². The summed E-state index contributed by atoms with van der Waals surface area (Å²) in [6.45, 7) is 8.58. The second-order valence-corrected chi connectivity index (χ2v) is 26.6. The highest BCUT2D eigenvalue weighted by atomic mass is 16.6. The molecule has 6 amide bonds. The molecule has 2 saturated carbocycles. The van der Waals surface area contributed by atoms with Gasteiger partial charge in [-0.15, -0.1) is 0 Å². The number of aliphatic hydroxyl groups is 2. The maximum absolute atomic E-state index is 15.9. The molecular weight excluding hydrogens is 1320 g/mol. The molecule has 1 aliphatic heterocycles. The molecule has 8 rings (SSSR count). The molecule has 0 unspecified atom stereocenters. The van der Waals surface area contributed by atoms with Gasteiger partial charge in [0.25, 0.3) is 5.91 Å². The normalized spacial score (nSPS) is 24.6. The van der Waals surface area contributed by atoms with Crippen molar-refractivity contribution in [2.75, 3.05) is 26.9 Å². The van der Waals surface area contributed by atoms with Crippen LogP contribution in [0.4, 0.5) is 0 Å². The molecule has 1 saturated heterocycles. The summed E-state index contributed by atoms with van der Waals surface area (Å²) in [6, 6.07) is 25.5. The van der Waals surface area contributed by atoms with E-state index in [2.05, 4.69) is 26.6 Å². The van der Waals surface area contributed by atoms with E-state index in [0.717, 1.165) is 13.8 Å². The quantitative estimate of drug-likeness (QED) is 0.0113. The lowest BCUT2D eigenvalue weighted by molar-refractivity contribution is -0.346. The predicted molar refractivity (Wildman–Crippen MR) is 362 cm³/mol. The molecule has 4 aromatic rings. The van der Waals surface area contributed by atoms with Crippen LogP contribution in [0.1, 0.15) is 138 Å². The van der Waals surface area contributed by atoms with E-state index in [-0.39, 0.29) is 67.5 Å². The van der Waals surface area contributed by atoms with E-state index in [0.29, 0.717) is 16.9 Å². The number of nitrogens with two attached hydrogens (primary N) is 1. The molecule has 3 aliphatic carbocycles. The maximum atomic E-state index is 15.9. The molecule has 4 aromatic carbocycles. The number of hydrogen-bond acceptors (Lipinski definition) is 21. The van der Waals surface area contributed by atoms with Crippen molar-refractivity contribution >= 4 is 77.1 Å². The SMILES string of the molecule is COc1cccc(/C=C/C(=O)N[C@@H](C)C(=O)N[C@H](CCC(=O)N[C@@H](CCCCNC(=O)CCO[C@@H](C(=O)O[C@H]2C[C@@]3(O)[C@@H](OC(=O)c4ccccc4)[C@@H]4[C@]5(OC(C)=O)CO[C@@H]5C[C@H](O)[C@@]4(C)C(=O)[C@H](OC(C)=O)C(=C2C)C3(C)C)[C@@H](NC(=O)c2ccccc2)c2ccccc2)C(=O)O)C(N)=O)c1. The van der Waals surface area contributed by atoms with Gasteiger partial charge in [-0.3, -0.25) is 43.2 Å². The van der Waals surface area contributed by atoms with E-state index in [9.17, 15) is 63.3 Å². The predicted octanol–water partition coefficient (Wildman–Crippen LogP) is 3.98. The zero-order valence-electron chi connectivity index (χ0n) is 57.9. The lowest BCUT2D eigenvalue weighted by atomic mass is 9.44. The molecule has 1 heterocycles. The number of ketones is 1. The summed E-state index contributed by atoms with van der Waals surface area (Å²) >= 11 is 0. The fraction of sp³-hybridized carbons (Fsp3) is 0.459. The Balaban J connectivity index is 0.983. The Kier molecular flexibility index (Phi) is 25.5. The Morgan fingerprint density at radius 3 is 2.02 bits per heavy atom. The number of amides is 6. The number of carbonyl (C=O) groups is 12. The number of ether oxygens (including phenoxy) is 7. The number of nitrogens with one attached hydrogen (secondary N) is 5. The highest BCUT2D eigenvalue weighted by molar-refractivity contribution is 5.98. The summed E-state index contributed by atoms with van der Waals surface area (Å²) in [4.78, 5) is 164. The molecule has 0 aromatic heterocycles. The number of unbranched alkanes of at least 4 members (excludes halogenated alkanes) is 1. The molecule has 0 spiro atoms. The summed E-state index contributed by atoms with van der Waals surface area (Å²) in [6.07, 6.45) is -9.17. The summed E-state index contributed by atoms with van der Waals surface area (Å²) in [7, 11) is 1.50. The van der Waals surface area contributed by atoms with Crippen LogP contribution >= 0.6 is 0 Å². The van der Waals surface area contributed by atoms with Crippen molar-refractivity contribution in [2.45, 2.75) is 172 Å². The molecule has 546 valence electrons. The van der Waals surface area contributed by atoms with Crippen molar-refractivity contribution in [3.8, 4) is 5.75 Å². The van der Waals surface area contributed by atoms with Crippen molar-refractivity contribution in [3.63, 3.8) is 0 Å². The minimum Gasteiger partial charge on any atom is -0.497 e. The van der Waals surface area contributed by atoms with Gasteiger partial charge in [0.1, 0.15) is 47.8 Å². The lowest BCUT2D eigenvalue weighted by Gasteiger charge is -2.67. The first-order valence-corrected chi connectivity index (χ1v) is 33.5. The van der Waals surface area contributed by atoms with Gasteiger partial charge in [0, 0.05) is 63.1 Å². The van der Waals surface area contributed by atoms with Gasteiger partial charge in [0.2, 0.25) is 29.5 Å². The van der Waals surface area contributed by atoms with Gasteiger partial charge in [-0.2, -0.15) is 0 Å². The van der Waals surface area contributed by atoms with Gasteiger partial charge in [0.15, 0.2) is 23.6 Å². The number of carboxylic acid groups (broad SMARTS) is 1. The number of rotatable bonds is 31. The number of aliphatic hydroxyl groups excluding tert-OH is 1. The minimum atomic E-state index is -2.52. The van der Waals surface area contributed by atoms with Gasteiger partial charge in [-0.25, -0.2) is 14.4 Å². The van der Waals surface area contributed by atoms with Crippen molar-refractivity contribution in [3.05, 3.63) is 155 Å². The second-order valence-electron chi connectivity index (χ2n) is 26.6. The standard InChI is InChI=1S/C74H88N6O22/c1-41-52(39-74(95)64(101-69(93)48-26-16-11-17-27-48)62-72(7,53(83)38-54-73(62,40-98-54)102-44(4)82)63(87)60(99-43(3)81)58(41)71(74,5)6)100-70(94)61(59(46-22-12-9-13-23-46)80-67(90)47-24-14-10-15-25-47)97-36-34-55(84)76-35-19-18-29-51(68(91)92)78-57(86)33-31-50(65(75)88)79-66(89)42(2)77-56(85)32-30-45-21-20-28-49(37-45)96-8/h9-17,20-28,30,32,37,42,50-54,59-62,64,83,95H,18-19,29,31,33-36,38-40H2,1-8H3,(H2,75,88)(H,76,84)(H,77,85)(H,78,86)(H,79,89)(H,80,90)(H,91,92)/b32-30+/t42-,50+,51-,52-,53-,54+,59-,60+,61+,62-,64-,72+,73-,74+/m0/s1. The van der Waals surface area contributed by atoms with E-state index in [1.807, 2.05) is 0 Å². The zero-order chi connectivity index (χ0) is 74.4. The highest BCUT2D eigenvalue weighted by Crippen LogP contribution is 2.64. The Bertz CT molecular complexity index is 3850. The van der Waals surface area contributed by atoms with E-state index >= 15 is 9.59 Å². The molecule has 28 heteroatoms. The largest absolute Gasteiger partial charge is 0.497 e. The summed E-state index contributed by atoms with van der Waals surface area (Å²) in [5, 5.41) is 49.4.